The van der Waals surface area contributed by atoms with Crippen LogP contribution in [0.25, 0.3) is 11.3 Å². The zero-order valence-corrected chi connectivity index (χ0v) is 15.3. The van der Waals surface area contributed by atoms with Crippen LogP contribution in [0.1, 0.15) is 23.7 Å². The lowest BCUT2D eigenvalue weighted by Gasteiger charge is -2.15. The highest BCUT2D eigenvalue weighted by Crippen LogP contribution is 2.37. The number of carbonyl (C=O) groups excluding carboxylic acids is 1. The van der Waals surface area contributed by atoms with Gasteiger partial charge in [-0.05, 0) is 23.7 Å². The smallest absolute Gasteiger partial charge is 0.224 e. The van der Waals surface area contributed by atoms with Crippen molar-refractivity contribution in [3.63, 3.8) is 0 Å². The van der Waals surface area contributed by atoms with Crippen molar-refractivity contribution in [2.24, 2.45) is 7.05 Å². The third-order valence-corrected chi connectivity index (χ3v) is 3.91. The molecule has 0 bridgehead atoms. The second-order valence-electron chi connectivity index (χ2n) is 5.41. The van der Waals surface area contributed by atoms with Gasteiger partial charge in [-0.15, -0.1) is 0 Å². The molecular formula is C17H17ClN6O2. The number of nitrogens with zero attached hydrogens (tertiary/aromatic N) is 5. The molecule has 0 aliphatic rings. The summed E-state index contributed by atoms with van der Waals surface area (Å²) in [5.41, 5.74) is 2.41. The van der Waals surface area contributed by atoms with E-state index >= 15 is 0 Å². The lowest BCUT2D eigenvalue weighted by Crippen LogP contribution is -2.07. The first-order valence-corrected chi connectivity index (χ1v) is 8.27. The Morgan fingerprint density at radius 2 is 2.15 bits per heavy atom. The molecule has 26 heavy (non-hydrogen) atoms. The molecule has 1 N–H and O–H groups in total. The number of hydrogen-bond acceptors (Lipinski definition) is 7. The summed E-state index contributed by atoms with van der Waals surface area (Å²) in [7, 11) is 3.30. The maximum Gasteiger partial charge on any atom is 0.224 e. The largest absolute Gasteiger partial charge is 0.494 e. The minimum atomic E-state index is -0.0896. The number of para-hydroxylation sites is 1. The molecule has 0 amide bonds. The van der Waals surface area contributed by atoms with Crippen molar-refractivity contribution in [1.29, 1.82) is 0 Å². The van der Waals surface area contributed by atoms with Gasteiger partial charge in [-0.1, -0.05) is 13.0 Å². The van der Waals surface area contributed by atoms with E-state index in [1.54, 1.807) is 27.3 Å². The third kappa shape index (κ3) is 3.50. The standard InChI is InChI=1S/C17H17ClN6O2/c1-4-14(25)11-8-19-17(18)22-16(11)21-12-7-5-6-10(15(12)26-3)13-9-20-24(2)23-13/h5-9H,4H2,1-3H3,(H,19,21,22). The van der Waals surface area contributed by atoms with E-state index < -0.39 is 0 Å². The Hall–Kier alpha value is -3.00. The molecule has 2 aromatic heterocycles. The minimum absolute atomic E-state index is 0.0456. The van der Waals surface area contributed by atoms with Crippen LogP contribution in [-0.2, 0) is 7.05 Å². The molecule has 0 aliphatic carbocycles. The lowest BCUT2D eigenvalue weighted by molar-refractivity contribution is 0.0988. The van der Waals surface area contributed by atoms with Gasteiger partial charge in [0.15, 0.2) is 11.5 Å². The fourth-order valence-electron chi connectivity index (χ4n) is 2.50. The van der Waals surface area contributed by atoms with Gasteiger partial charge in [0, 0.05) is 25.2 Å². The van der Waals surface area contributed by atoms with Crippen molar-refractivity contribution in [3.05, 3.63) is 41.4 Å². The van der Waals surface area contributed by atoms with E-state index in [1.807, 2.05) is 18.2 Å². The first-order valence-electron chi connectivity index (χ1n) is 7.90. The van der Waals surface area contributed by atoms with Gasteiger partial charge in [0.2, 0.25) is 5.28 Å². The van der Waals surface area contributed by atoms with Crippen LogP contribution in [0.5, 0.6) is 5.75 Å². The first-order chi connectivity index (χ1) is 12.5. The Labute approximate surface area is 155 Å². The summed E-state index contributed by atoms with van der Waals surface area (Å²) in [6.45, 7) is 1.77. The van der Waals surface area contributed by atoms with Crippen LogP contribution in [-0.4, -0.2) is 37.9 Å². The van der Waals surface area contributed by atoms with Crippen molar-refractivity contribution in [2.75, 3.05) is 12.4 Å². The van der Waals surface area contributed by atoms with E-state index in [9.17, 15) is 4.79 Å². The van der Waals surface area contributed by atoms with Crippen LogP contribution in [0, 0.1) is 0 Å². The van der Waals surface area contributed by atoms with Crippen molar-refractivity contribution in [1.82, 2.24) is 25.0 Å². The van der Waals surface area contributed by atoms with Gasteiger partial charge < -0.3 is 10.1 Å². The first kappa shape index (κ1) is 17.8. The maximum absolute atomic E-state index is 12.2. The highest BCUT2D eigenvalue weighted by atomic mass is 35.5. The number of carbonyl (C=O) groups is 1. The number of hydrogen-bond donors (Lipinski definition) is 1. The van der Waals surface area contributed by atoms with Crippen molar-refractivity contribution in [3.8, 4) is 17.0 Å². The molecule has 134 valence electrons. The van der Waals surface area contributed by atoms with E-state index in [0.29, 0.717) is 34.9 Å². The van der Waals surface area contributed by atoms with Gasteiger partial charge >= 0.3 is 0 Å². The number of aryl methyl sites for hydroxylation is 1. The molecule has 0 saturated carbocycles. The maximum atomic E-state index is 12.2. The van der Waals surface area contributed by atoms with Gasteiger partial charge in [-0.2, -0.15) is 20.0 Å². The van der Waals surface area contributed by atoms with Crippen LogP contribution >= 0.6 is 11.6 Å². The molecule has 9 heteroatoms. The van der Waals surface area contributed by atoms with E-state index in [2.05, 4.69) is 25.5 Å². The van der Waals surface area contributed by atoms with Gasteiger partial charge in [0.1, 0.15) is 11.5 Å². The van der Waals surface area contributed by atoms with Gasteiger partial charge in [0.25, 0.3) is 0 Å². The van der Waals surface area contributed by atoms with Gasteiger partial charge in [-0.3, -0.25) is 4.79 Å². The van der Waals surface area contributed by atoms with E-state index in [4.69, 9.17) is 16.3 Å². The van der Waals surface area contributed by atoms with E-state index in [0.717, 1.165) is 5.56 Å². The highest BCUT2D eigenvalue weighted by molar-refractivity contribution is 6.28. The Morgan fingerprint density at radius 1 is 1.35 bits per heavy atom. The topological polar surface area (TPSA) is 94.8 Å². The molecule has 0 atom stereocenters. The van der Waals surface area contributed by atoms with Crippen LogP contribution in [0.15, 0.2) is 30.6 Å². The molecular weight excluding hydrogens is 356 g/mol. The number of nitrogens with one attached hydrogen (secondary N) is 1. The van der Waals surface area contributed by atoms with Gasteiger partial charge in [0.05, 0.1) is 24.6 Å². The summed E-state index contributed by atoms with van der Waals surface area (Å²) in [4.78, 5) is 21.7. The summed E-state index contributed by atoms with van der Waals surface area (Å²) < 4.78 is 5.57. The predicted octanol–water partition coefficient (Wildman–Crippen LogP) is 3.27. The summed E-state index contributed by atoms with van der Waals surface area (Å²) in [5, 5.41) is 11.6. The van der Waals surface area contributed by atoms with E-state index in [-0.39, 0.29) is 11.1 Å². The quantitative estimate of drug-likeness (QED) is 0.524. The van der Waals surface area contributed by atoms with Crippen molar-refractivity contribution >= 4 is 28.9 Å². The minimum Gasteiger partial charge on any atom is -0.494 e. The average Bonchev–Trinajstić information content (AvgIpc) is 3.07. The Kier molecular flexibility index (Phi) is 5.13. The van der Waals surface area contributed by atoms with Crippen LogP contribution < -0.4 is 10.1 Å². The Bertz CT molecular complexity index is 956. The predicted molar refractivity (Wildman–Crippen MR) is 97.9 cm³/mol. The summed E-state index contributed by atoms with van der Waals surface area (Å²) in [6.07, 6.45) is 3.40. The zero-order valence-electron chi connectivity index (χ0n) is 14.5. The van der Waals surface area contributed by atoms with Crippen LogP contribution in [0.3, 0.4) is 0 Å². The molecule has 3 rings (SSSR count). The lowest BCUT2D eigenvalue weighted by atomic mass is 10.1. The summed E-state index contributed by atoms with van der Waals surface area (Å²) in [6, 6.07) is 5.53. The SMILES string of the molecule is CCC(=O)c1cnc(Cl)nc1Nc1cccc(-c2cnn(C)n2)c1OC. The molecule has 1 aromatic carbocycles. The number of ether oxygens (including phenoxy) is 1. The number of methoxy groups -OCH3 is 1. The molecule has 3 aromatic rings. The fourth-order valence-corrected chi connectivity index (χ4v) is 2.64. The number of benzene rings is 1. The summed E-state index contributed by atoms with van der Waals surface area (Å²) in [5.74, 6) is 0.789. The third-order valence-electron chi connectivity index (χ3n) is 3.73. The summed E-state index contributed by atoms with van der Waals surface area (Å²) >= 11 is 5.91. The highest BCUT2D eigenvalue weighted by Gasteiger charge is 2.17. The van der Waals surface area contributed by atoms with Crippen LogP contribution in [0.4, 0.5) is 11.5 Å². The molecule has 0 saturated heterocycles. The Morgan fingerprint density at radius 3 is 2.81 bits per heavy atom. The number of halogens is 1. The van der Waals surface area contributed by atoms with E-state index in [1.165, 1.54) is 11.0 Å². The fraction of sp³-hybridized carbons (Fsp3) is 0.235. The zero-order chi connectivity index (χ0) is 18.7. The van der Waals surface area contributed by atoms with Crippen molar-refractivity contribution in [2.45, 2.75) is 13.3 Å². The molecule has 8 nitrogen and oxygen atoms in total. The number of Topliss-reactive ketones (excluding diaryl/α,β-unsaturated/α-hetero) is 1. The number of ketones is 1. The monoisotopic (exact) mass is 372 g/mol. The molecule has 0 radical (unpaired) electrons. The van der Waals surface area contributed by atoms with Crippen LogP contribution in [0.2, 0.25) is 5.28 Å². The molecule has 0 spiro atoms. The van der Waals surface area contributed by atoms with Gasteiger partial charge in [-0.25, -0.2) is 4.98 Å². The normalized spacial score (nSPS) is 10.6. The molecule has 0 unspecified atom stereocenters. The number of rotatable bonds is 6. The average molecular weight is 373 g/mol. The second kappa shape index (κ2) is 7.49. The molecule has 0 fully saturated rings. The molecule has 2 heterocycles. The second-order valence-corrected chi connectivity index (χ2v) is 5.75. The number of aromatic nitrogens is 5. The Balaban J connectivity index is 2.06. The van der Waals surface area contributed by atoms with Crippen molar-refractivity contribution < 1.29 is 9.53 Å². The molecule has 0 aliphatic heterocycles. The number of anilines is 2.